The predicted octanol–water partition coefficient (Wildman–Crippen LogP) is 8.89. The molecule has 0 radical (unpaired) electrons. The minimum Gasteiger partial charge on any atom is -0.508 e. The number of rotatable bonds is 8. The van der Waals surface area contributed by atoms with Gasteiger partial charge in [-0.25, -0.2) is 4.39 Å². The first kappa shape index (κ1) is 50.8. The molecule has 4 saturated heterocycles. The number of pyridine rings is 1. The first-order valence-corrected chi connectivity index (χ1v) is 25.9. The topological polar surface area (TPSA) is 154 Å². The molecule has 14 nitrogen and oxygen atoms in total. The Hall–Kier alpha value is -6.13. The molecule has 0 saturated carbocycles. The molecule has 5 aliphatic rings. The van der Waals surface area contributed by atoms with Crippen LogP contribution in [-0.4, -0.2) is 141 Å². The van der Waals surface area contributed by atoms with Crippen molar-refractivity contribution >= 4 is 33.4 Å². The maximum Gasteiger partial charge on any atom is 0.318 e. The minimum atomic E-state index is -0.552. The van der Waals surface area contributed by atoms with Gasteiger partial charge in [0.1, 0.15) is 34.3 Å². The molecule has 72 heavy (non-hydrogen) atoms. The van der Waals surface area contributed by atoms with Crippen LogP contribution in [0.3, 0.4) is 0 Å². The van der Waals surface area contributed by atoms with Gasteiger partial charge in [0.05, 0.1) is 18.1 Å². The lowest BCUT2D eigenvalue weighted by molar-refractivity contribution is 0.0748. The lowest BCUT2D eigenvalue weighted by Crippen LogP contribution is -2.56. The molecule has 3 unspecified atom stereocenters. The molecule has 382 valence electrons. The molecule has 15 heteroatoms. The Labute approximate surface area is 423 Å². The monoisotopic (exact) mass is 982 g/mol. The number of ether oxygens (including phenoxy) is 1. The highest BCUT2D eigenvalue weighted by molar-refractivity contribution is 6.00. The largest absolute Gasteiger partial charge is 0.508 e. The van der Waals surface area contributed by atoms with Gasteiger partial charge in [-0.1, -0.05) is 69.7 Å². The van der Waals surface area contributed by atoms with Crippen molar-refractivity contribution < 1.29 is 29.2 Å². The molecule has 0 aliphatic carbocycles. The van der Waals surface area contributed by atoms with E-state index in [9.17, 15) is 20.1 Å². The number of benzene rings is 4. The number of halogens is 1. The van der Waals surface area contributed by atoms with E-state index in [0.29, 0.717) is 47.5 Å². The van der Waals surface area contributed by atoms with Gasteiger partial charge in [-0.2, -0.15) is 9.97 Å². The van der Waals surface area contributed by atoms with Gasteiger partial charge in [0.25, 0.3) is 5.91 Å². The molecule has 6 aromatic rings. The number of piperazine rings is 2. The second-order valence-electron chi connectivity index (χ2n) is 20.9. The highest BCUT2D eigenvalue weighted by Gasteiger charge is 2.34. The van der Waals surface area contributed by atoms with Gasteiger partial charge >= 0.3 is 6.01 Å². The van der Waals surface area contributed by atoms with Crippen LogP contribution in [0.4, 0.5) is 10.2 Å². The average molecular weight is 982 g/mol. The molecule has 4 N–H and O–H groups in total. The zero-order valence-corrected chi connectivity index (χ0v) is 42.9. The Morgan fingerprint density at radius 2 is 1.57 bits per heavy atom. The zero-order valence-electron chi connectivity index (χ0n) is 42.9. The summed E-state index contributed by atoms with van der Waals surface area (Å²) in [5, 5.41) is 36.6. The van der Waals surface area contributed by atoms with E-state index in [0.717, 1.165) is 80.9 Å². The Kier molecular flexibility index (Phi) is 15.8. The number of amides is 1. The van der Waals surface area contributed by atoms with Crippen LogP contribution < -0.4 is 15.0 Å². The SMILES string of the molecule is CC(C)c1cc(C(=O)N2Cc3ccc(CN4CCN(C)CC4)cc3C2)c(O)cc1O.CCC1CCC2CN(c3nc(OC)nc4c(F)c(-c5cc(O)cc6ccccc56)ncc34)CC(C1)N2.CN1CCCC1. The van der Waals surface area contributed by atoms with Crippen LogP contribution in [0, 0.1) is 11.7 Å². The number of phenols is 3. The molecule has 7 heterocycles. The number of hydrogen-bond acceptors (Lipinski definition) is 13. The van der Waals surface area contributed by atoms with E-state index in [2.05, 4.69) is 79.1 Å². The fourth-order valence-electron chi connectivity index (χ4n) is 11.1. The van der Waals surface area contributed by atoms with E-state index in [4.69, 9.17) is 4.74 Å². The first-order valence-electron chi connectivity index (χ1n) is 25.9. The van der Waals surface area contributed by atoms with Gasteiger partial charge in [0.15, 0.2) is 5.82 Å². The fourth-order valence-corrected chi connectivity index (χ4v) is 11.1. The van der Waals surface area contributed by atoms with Crippen molar-refractivity contribution in [2.24, 2.45) is 5.92 Å². The second-order valence-corrected chi connectivity index (χ2v) is 20.9. The summed E-state index contributed by atoms with van der Waals surface area (Å²) in [5.74, 6) is 0.593. The first-order chi connectivity index (χ1) is 34.7. The number of aromatic nitrogens is 3. The predicted molar refractivity (Wildman–Crippen MR) is 282 cm³/mol. The third-order valence-electron chi connectivity index (χ3n) is 15.3. The van der Waals surface area contributed by atoms with Crippen LogP contribution in [0.2, 0.25) is 0 Å². The van der Waals surface area contributed by atoms with E-state index in [1.807, 2.05) is 38.1 Å². The molecule has 5 aliphatic heterocycles. The third-order valence-corrected chi connectivity index (χ3v) is 15.3. The van der Waals surface area contributed by atoms with Gasteiger partial charge in [-0.15, -0.1) is 0 Å². The summed E-state index contributed by atoms with van der Waals surface area (Å²) in [6.45, 7) is 16.8. The number of likely N-dealkylation sites (N-methyl/N-ethyl adjacent to an activating group) is 1. The lowest BCUT2D eigenvalue weighted by Gasteiger charge is -2.38. The van der Waals surface area contributed by atoms with Crippen molar-refractivity contribution in [2.75, 3.05) is 78.5 Å². The summed E-state index contributed by atoms with van der Waals surface area (Å²) in [6, 6.07) is 21.0. The Bertz CT molecular complexity index is 2890. The van der Waals surface area contributed by atoms with Crippen LogP contribution in [0.25, 0.3) is 32.9 Å². The van der Waals surface area contributed by atoms with E-state index < -0.39 is 5.82 Å². The van der Waals surface area contributed by atoms with Crippen molar-refractivity contribution in [3.05, 3.63) is 107 Å². The second kappa shape index (κ2) is 22.3. The van der Waals surface area contributed by atoms with Crippen molar-refractivity contribution in [3.8, 4) is 34.5 Å². The number of carbonyl (C=O) groups excluding carboxylic acids is 1. The number of likely N-dealkylation sites (tertiary alicyclic amines) is 1. The molecular weight excluding hydrogens is 910 g/mol. The van der Waals surface area contributed by atoms with Crippen LogP contribution in [0.5, 0.6) is 23.3 Å². The molecule has 0 spiro atoms. The molecule has 4 fully saturated rings. The van der Waals surface area contributed by atoms with Crippen LogP contribution >= 0.6 is 0 Å². The Balaban J connectivity index is 0.000000161. The minimum absolute atomic E-state index is 0.0253. The van der Waals surface area contributed by atoms with Crippen LogP contribution in [-0.2, 0) is 19.6 Å². The zero-order chi connectivity index (χ0) is 50.6. The van der Waals surface area contributed by atoms with Crippen LogP contribution in [0.15, 0.2) is 72.9 Å². The molecule has 2 bridgehead atoms. The summed E-state index contributed by atoms with van der Waals surface area (Å²) in [4.78, 5) is 37.9. The third kappa shape index (κ3) is 11.4. The van der Waals surface area contributed by atoms with Gasteiger partial charge in [-0.05, 0) is 122 Å². The Morgan fingerprint density at radius 3 is 2.29 bits per heavy atom. The summed E-state index contributed by atoms with van der Waals surface area (Å²) < 4.78 is 21.6. The summed E-state index contributed by atoms with van der Waals surface area (Å²) in [6.07, 6.45) is 9.15. The summed E-state index contributed by atoms with van der Waals surface area (Å²) >= 11 is 0. The number of phenolic OH excluding ortho intramolecular Hbond substituents is 3. The lowest BCUT2D eigenvalue weighted by atomic mass is 9.94. The van der Waals surface area contributed by atoms with E-state index >= 15 is 4.39 Å². The molecule has 3 atom stereocenters. The van der Waals surface area contributed by atoms with Crippen LogP contribution in [0.1, 0.15) is 97.8 Å². The van der Waals surface area contributed by atoms with Gasteiger partial charge < -0.3 is 45.0 Å². The maximum atomic E-state index is 16.1. The Morgan fingerprint density at radius 1 is 0.833 bits per heavy atom. The molecular formula is C57H72FN9O5. The highest BCUT2D eigenvalue weighted by atomic mass is 19.1. The van der Waals surface area contributed by atoms with E-state index in [1.54, 1.807) is 29.3 Å². The number of nitrogens with zero attached hydrogens (tertiary/aromatic N) is 8. The van der Waals surface area contributed by atoms with E-state index in [-0.39, 0.29) is 51.9 Å². The molecule has 2 aromatic heterocycles. The number of aromatic hydroxyl groups is 3. The molecule has 1 amide bonds. The molecule has 4 aromatic carbocycles. The van der Waals surface area contributed by atoms with Crippen molar-refractivity contribution in [2.45, 2.75) is 96.9 Å². The van der Waals surface area contributed by atoms with Crippen molar-refractivity contribution in [1.29, 1.82) is 0 Å². The smallest absolute Gasteiger partial charge is 0.318 e. The number of anilines is 1. The molecule has 11 rings (SSSR count). The van der Waals surface area contributed by atoms with Crippen molar-refractivity contribution in [1.82, 2.24) is 39.9 Å². The average Bonchev–Trinajstić information content (AvgIpc) is 4.01. The van der Waals surface area contributed by atoms with Crippen molar-refractivity contribution in [3.63, 3.8) is 0 Å². The highest BCUT2D eigenvalue weighted by Crippen LogP contribution is 2.39. The van der Waals surface area contributed by atoms with Gasteiger partial charge in [-0.3, -0.25) is 14.7 Å². The number of nitrogens with one attached hydrogen (secondary N) is 1. The number of fused-ring (bicyclic) bond motifs is 5. The number of methoxy groups -OCH3 is 1. The fraction of sp³-hybridized carbons (Fsp3) is 0.474. The summed E-state index contributed by atoms with van der Waals surface area (Å²) in [7, 11) is 5.83. The van der Waals surface area contributed by atoms with Gasteiger partial charge in [0.2, 0.25) is 0 Å². The maximum absolute atomic E-state index is 16.1. The van der Waals surface area contributed by atoms with Gasteiger partial charge in [0, 0.05) is 88.8 Å². The number of hydrogen-bond donors (Lipinski definition) is 4. The summed E-state index contributed by atoms with van der Waals surface area (Å²) in [5.41, 5.74) is 5.36. The standard InChI is InChI=1S/C28H30FN5O2.C24H31N3O3.C5H11N/c1-3-16-8-9-18-14-34(15-19(10-16)31-18)27-23-13-30-25(24(29)26(23)32-28(33-27)36-2)22-12-20(35)11-17-6-4-5-7-21(17)22;1-16(2)20-11-21(23(29)12-22(20)28)24(30)27-14-18-5-4-17(10-19(18)15-27)13-26-8-6-25(3)7-9-26;1-6-4-2-3-5-6/h4-7,11-13,16,18-19,31,35H,3,8-10,14-15H2,1-2H3;4-5,10-12,16,28-29H,6-9,13-15H2,1-3H3;2-5H2,1H3. The van der Waals surface area contributed by atoms with E-state index in [1.165, 1.54) is 63.1 Å². The normalized spacial score (nSPS) is 20.5. The quantitative estimate of drug-likeness (QED) is 0.115. The number of carbonyl (C=O) groups is 1.